The molecule has 0 saturated carbocycles. The Morgan fingerprint density at radius 2 is 1.96 bits per heavy atom. The van der Waals surface area contributed by atoms with Gasteiger partial charge in [0.15, 0.2) is 0 Å². The number of nitrogens with zero attached hydrogens (tertiary/aromatic N) is 1. The fourth-order valence-corrected chi connectivity index (χ4v) is 2.91. The Morgan fingerprint density at radius 1 is 1.27 bits per heavy atom. The molecule has 0 unspecified atom stereocenters. The van der Waals surface area contributed by atoms with Gasteiger partial charge in [-0.15, -0.1) is 0 Å². The maximum atomic E-state index is 12.7. The zero-order valence-electron chi connectivity index (χ0n) is 14.8. The quantitative estimate of drug-likeness (QED) is 0.745. The smallest absolute Gasteiger partial charge is 0.268 e. The number of hydrogen-bond donors (Lipinski definition) is 2. The van der Waals surface area contributed by atoms with Crippen molar-refractivity contribution in [1.29, 1.82) is 0 Å². The number of halogens is 1. The number of aryl methyl sites for hydroxylation is 1. The predicted octanol–water partition coefficient (Wildman–Crippen LogP) is 0.842. The number of aliphatic carboxylic acids is 1. The Morgan fingerprint density at radius 3 is 2.58 bits per heavy atom. The average Bonchev–Trinajstić information content (AvgIpc) is 2.92. The van der Waals surface area contributed by atoms with Crippen LogP contribution in [0.25, 0.3) is 10.9 Å². The molecule has 0 fully saturated rings. The van der Waals surface area contributed by atoms with Gasteiger partial charge in [-0.25, -0.2) is 0 Å². The zero-order chi connectivity index (χ0) is 19.4. The fraction of sp³-hybridized carbons (Fsp3) is 0.389. The number of rotatable bonds is 7. The van der Waals surface area contributed by atoms with E-state index in [9.17, 15) is 19.5 Å². The summed E-state index contributed by atoms with van der Waals surface area (Å²) in [4.78, 5) is 35.5. The highest BCUT2D eigenvalue weighted by atomic mass is 35.5. The maximum Gasteiger partial charge on any atom is 0.268 e. The van der Waals surface area contributed by atoms with Crippen LogP contribution in [0.15, 0.2) is 24.3 Å². The predicted molar refractivity (Wildman–Crippen MR) is 96.7 cm³/mol. The third-order valence-electron chi connectivity index (χ3n) is 4.43. The minimum Gasteiger partial charge on any atom is -0.548 e. The molecule has 1 aromatic carbocycles. The standard InChI is InChI=1S/C18H22ClN3O4/c1-4-10(2)16(18(26)20-9-15(23)24)21-17(25)14-8-11-7-12(19)5-6-13(11)22(14)3/h5-8,10,16H,4,9H2,1-3H3,(H,20,26)(H,21,25)(H,23,24)/p-1/t10-,16+/m1/s1. The minimum atomic E-state index is -1.39. The van der Waals surface area contributed by atoms with Crippen LogP contribution in [-0.2, 0) is 16.6 Å². The molecular weight excluding hydrogens is 358 g/mol. The third-order valence-corrected chi connectivity index (χ3v) is 4.66. The molecule has 2 atom stereocenters. The molecule has 8 heteroatoms. The van der Waals surface area contributed by atoms with Crippen LogP contribution in [0.3, 0.4) is 0 Å². The van der Waals surface area contributed by atoms with Crippen LogP contribution in [0.2, 0.25) is 5.02 Å². The molecule has 1 aromatic heterocycles. The highest BCUT2D eigenvalue weighted by Crippen LogP contribution is 2.23. The van der Waals surface area contributed by atoms with Crippen LogP contribution in [0.1, 0.15) is 30.8 Å². The first-order chi connectivity index (χ1) is 12.2. The number of amides is 2. The normalized spacial score (nSPS) is 13.2. The SMILES string of the molecule is CC[C@@H](C)[C@H](NC(=O)c1cc2cc(Cl)ccc2n1C)C(=O)NCC(=O)[O-]. The van der Waals surface area contributed by atoms with E-state index in [0.717, 1.165) is 10.9 Å². The summed E-state index contributed by atoms with van der Waals surface area (Å²) < 4.78 is 1.72. The number of fused-ring (bicyclic) bond motifs is 1. The van der Waals surface area contributed by atoms with E-state index in [1.807, 2.05) is 19.9 Å². The molecule has 26 heavy (non-hydrogen) atoms. The van der Waals surface area contributed by atoms with Gasteiger partial charge in [0.1, 0.15) is 11.7 Å². The van der Waals surface area contributed by atoms with E-state index in [-0.39, 0.29) is 5.92 Å². The molecule has 0 bridgehead atoms. The average molecular weight is 379 g/mol. The number of aromatic nitrogens is 1. The Kier molecular flexibility index (Phi) is 6.26. The molecule has 7 nitrogen and oxygen atoms in total. The van der Waals surface area contributed by atoms with E-state index in [1.165, 1.54) is 0 Å². The molecule has 2 rings (SSSR count). The number of carboxylic acid groups (broad SMARTS) is 1. The van der Waals surface area contributed by atoms with Gasteiger partial charge in [0, 0.05) is 23.0 Å². The van der Waals surface area contributed by atoms with Crippen LogP contribution in [0.5, 0.6) is 0 Å². The van der Waals surface area contributed by atoms with Crippen molar-refractivity contribution in [1.82, 2.24) is 15.2 Å². The summed E-state index contributed by atoms with van der Waals surface area (Å²) in [6.45, 7) is 3.09. The van der Waals surface area contributed by atoms with Crippen molar-refractivity contribution in [2.75, 3.05) is 6.54 Å². The van der Waals surface area contributed by atoms with E-state index >= 15 is 0 Å². The van der Waals surface area contributed by atoms with Gasteiger partial charge in [0.05, 0.1) is 12.5 Å². The minimum absolute atomic E-state index is 0.176. The largest absolute Gasteiger partial charge is 0.548 e. The highest BCUT2D eigenvalue weighted by Gasteiger charge is 2.27. The number of carboxylic acids is 1. The monoisotopic (exact) mass is 378 g/mol. The van der Waals surface area contributed by atoms with Crippen LogP contribution in [-0.4, -0.2) is 34.9 Å². The fourth-order valence-electron chi connectivity index (χ4n) is 2.72. The highest BCUT2D eigenvalue weighted by molar-refractivity contribution is 6.31. The van der Waals surface area contributed by atoms with Gasteiger partial charge in [0.2, 0.25) is 5.91 Å². The van der Waals surface area contributed by atoms with E-state index in [2.05, 4.69) is 10.6 Å². The lowest BCUT2D eigenvalue weighted by atomic mass is 9.98. The Labute approximate surface area is 156 Å². The lowest BCUT2D eigenvalue weighted by Crippen LogP contribution is -2.52. The number of carbonyl (C=O) groups excluding carboxylic acids is 3. The van der Waals surface area contributed by atoms with E-state index in [1.54, 1.807) is 29.8 Å². The first-order valence-corrected chi connectivity index (χ1v) is 8.65. The molecule has 0 spiro atoms. The molecular formula is C18H21ClN3O4-. The van der Waals surface area contributed by atoms with Crippen molar-refractivity contribution in [3.63, 3.8) is 0 Å². The van der Waals surface area contributed by atoms with Crippen molar-refractivity contribution in [3.8, 4) is 0 Å². The number of benzene rings is 1. The lowest BCUT2D eigenvalue weighted by Gasteiger charge is -2.23. The number of hydrogen-bond acceptors (Lipinski definition) is 4. The summed E-state index contributed by atoms with van der Waals surface area (Å²) in [7, 11) is 1.75. The molecule has 0 aliphatic heterocycles. The Hall–Kier alpha value is -2.54. The van der Waals surface area contributed by atoms with Crippen molar-refractivity contribution < 1.29 is 19.5 Å². The Balaban J connectivity index is 2.25. The molecule has 2 N–H and O–H groups in total. The summed E-state index contributed by atoms with van der Waals surface area (Å²) in [5.41, 5.74) is 1.21. The van der Waals surface area contributed by atoms with Crippen molar-refractivity contribution in [3.05, 3.63) is 35.0 Å². The summed E-state index contributed by atoms with van der Waals surface area (Å²) in [6.07, 6.45) is 0.633. The molecule has 2 amide bonds. The van der Waals surface area contributed by atoms with Crippen LogP contribution in [0, 0.1) is 5.92 Å². The van der Waals surface area contributed by atoms with Gasteiger partial charge in [0.25, 0.3) is 5.91 Å². The van der Waals surface area contributed by atoms with Crippen molar-refractivity contribution >= 4 is 40.3 Å². The maximum absolute atomic E-state index is 12.7. The Bertz CT molecular complexity index is 846. The number of carbonyl (C=O) groups is 3. The van der Waals surface area contributed by atoms with Crippen molar-refractivity contribution in [2.45, 2.75) is 26.3 Å². The van der Waals surface area contributed by atoms with Crippen molar-refractivity contribution in [2.24, 2.45) is 13.0 Å². The molecule has 0 aliphatic carbocycles. The van der Waals surface area contributed by atoms with Crippen LogP contribution < -0.4 is 15.7 Å². The van der Waals surface area contributed by atoms with E-state index in [4.69, 9.17) is 11.6 Å². The second-order valence-electron chi connectivity index (χ2n) is 6.22. The third kappa shape index (κ3) is 4.35. The van der Waals surface area contributed by atoms with Gasteiger partial charge in [-0.3, -0.25) is 9.59 Å². The summed E-state index contributed by atoms with van der Waals surface area (Å²) in [5, 5.41) is 16.9. The van der Waals surface area contributed by atoms with E-state index in [0.29, 0.717) is 17.1 Å². The summed E-state index contributed by atoms with van der Waals surface area (Å²) in [6, 6.07) is 6.15. The summed E-state index contributed by atoms with van der Waals surface area (Å²) >= 11 is 5.99. The van der Waals surface area contributed by atoms with Gasteiger partial charge in [-0.2, -0.15) is 0 Å². The van der Waals surface area contributed by atoms with Crippen LogP contribution >= 0.6 is 11.6 Å². The van der Waals surface area contributed by atoms with Gasteiger partial charge in [-0.05, 0) is 30.2 Å². The lowest BCUT2D eigenvalue weighted by molar-refractivity contribution is -0.304. The molecule has 2 aromatic rings. The topological polar surface area (TPSA) is 103 Å². The first kappa shape index (κ1) is 19.8. The molecule has 0 radical (unpaired) electrons. The molecule has 0 saturated heterocycles. The molecule has 140 valence electrons. The van der Waals surface area contributed by atoms with E-state index < -0.39 is 30.4 Å². The second-order valence-corrected chi connectivity index (χ2v) is 6.65. The first-order valence-electron chi connectivity index (χ1n) is 8.28. The number of nitrogens with one attached hydrogen (secondary N) is 2. The summed E-state index contributed by atoms with van der Waals surface area (Å²) in [5.74, 6) is -2.55. The van der Waals surface area contributed by atoms with Gasteiger partial charge < -0.3 is 25.1 Å². The molecule has 1 heterocycles. The molecule has 0 aliphatic rings. The van der Waals surface area contributed by atoms with Gasteiger partial charge >= 0.3 is 0 Å². The zero-order valence-corrected chi connectivity index (χ0v) is 15.6. The second kappa shape index (κ2) is 8.23. The van der Waals surface area contributed by atoms with Crippen LogP contribution in [0.4, 0.5) is 0 Å². The van der Waals surface area contributed by atoms with Gasteiger partial charge in [-0.1, -0.05) is 31.9 Å².